The van der Waals surface area contributed by atoms with Gasteiger partial charge in [0.2, 0.25) is 0 Å². The molecule has 11 heavy (non-hydrogen) atoms. The SMILES string of the molecule is CCN1CCCCC12CCN2. The Morgan fingerprint density at radius 1 is 1.36 bits per heavy atom. The third-order valence-electron chi connectivity index (χ3n) is 3.25. The summed E-state index contributed by atoms with van der Waals surface area (Å²) in [6.45, 7) is 6.03. The molecule has 0 radical (unpaired) electrons. The first-order chi connectivity index (χ1) is 5.37. The zero-order valence-corrected chi connectivity index (χ0v) is 7.40. The molecule has 1 N–H and O–H groups in total. The van der Waals surface area contributed by atoms with E-state index in [2.05, 4.69) is 17.1 Å². The molecule has 2 aliphatic rings. The standard InChI is InChI=1S/C9H18N2/c1-2-11-8-4-3-5-9(11)6-7-10-9/h10H,2-8H2,1H3. The molecule has 2 nitrogen and oxygen atoms in total. The van der Waals surface area contributed by atoms with Crippen molar-refractivity contribution < 1.29 is 0 Å². The average Bonchev–Trinajstić information content (AvgIpc) is 2.01. The van der Waals surface area contributed by atoms with Crippen molar-refractivity contribution >= 4 is 0 Å². The molecule has 2 heterocycles. The Kier molecular flexibility index (Phi) is 1.90. The number of piperidine rings is 1. The fourth-order valence-corrected chi connectivity index (χ4v) is 2.45. The lowest BCUT2D eigenvalue weighted by Crippen LogP contribution is -2.68. The van der Waals surface area contributed by atoms with E-state index in [1.165, 1.54) is 45.3 Å². The number of rotatable bonds is 1. The van der Waals surface area contributed by atoms with Crippen LogP contribution in [0.3, 0.4) is 0 Å². The lowest BCUT2D eigenvalue weighted by atomic mass is 9.86. The van der Waals surface area contributed by atoms with E-state index < -0.39 is 0 Å². The zero-order valence-electron chi connectivity index (χ0n) is 7.40. The van der Waals surface area contributed by atoms with Gasteiger partial charge in [-0.3, -0.25) is 10.2 Å². The van der Waals surface area contributed by atoms with Gasteiger partial charge in [0, 0.05) is 0 Å². The second-order valence-corrected chi connectivity index (χ2v) is 3.75. The highest BCUT2D eigenvalue weighted by Crippen LogP contribution is 2.32. The summed E-state index contributed by atoms with van der Waals surface area (Å²) in [5, 5.41) is 3.59. The molecule has 2 rings (SSSR count). The Bertz CT molecular complexity index is 140. The molecule has 0 aromatic heterocycles. The van der Waals surface area contributed by atoms with E-state index in [-0.39, 0.29) is 0 Å². The van der Waals surface area contributed by atoms with Crippen LogP contribution in [0.1, 0.15) is 32.6 Å². The molecule has 2 saturated heterocycles. The highest BCUT2D eigenvalue weighted by molar-refractivity contribution is 4.97. The van der Waals surface area contributed by atoms with Crippen LogP contribution in [0.15, 0.2) is 0 Å². The summed E-state index contributed by atoms with van der Waals surface area (Å²) >= 11 is 0. The normalized spacial score (nSPS) is 39.0. The molecule has 0 aliphatic carbocycles. The quantitative estimate of drug-likeness (QED) is 0.610. The van der Waals surface area contributed by atoms with Crippen LogP contribution < -0.4 is 5.32 Å². The van der Waals surface area contributed by atoms with Crippen LogP contribution in [0.25, 0.3) is 0 Å². The first kappa shape index (κ1) is 7.56. The van der Waals surface area contributed by atoms with Gasteiger partial charge in [-0.1, -0.05) is 6.92 Å². The smallest absolute Gasteiger partial charge is 0.0724 e. The Morgan fingerprint density at radius 2 is 2.18 bits per heavy atom. The van der Waals surface area contributed by atoms with Gasteiger partial charge in [-0.05, 0) is 45.3 Å². The predicted octanol–water partition coefficient (Wildman–Crippen LogP) is 1.18. The van der Waals surface area contributed by atoms with E-state index in [1.54, 1.807) is 0 Å². The first-order valence-corrected chi connectivity index (χ1v) is 4.87. The number of nitrogens with zero attached hydrogens (tertiary/aromatic N) is 1. The molecule has 64 valence electrons. The number of hydrogen-bond donors (Lipinski definition) is 1. The van der Waals surface area contributed by atoms with Gasteiger partial charge >= 0.3 is 0 Å². The molecule has 0 bridgehead atoms. The van der Waals surface area contributed by atoms with E-state index in [9.17, 15) is 0 Å². The maximum atomic E-state index is 3.59. The molecule has 0 aromatic carbocycles. The van der Waals surface area contributed by atoms with Crippen LogP contribution in [-0.2, 0) is 0 Å². The molecule has 2 fully saturated rings. The largest absolute Gasteiger partial charge is 0.299 e. The van der Waals surface area contributed by atoms with Gasteiger partial charge in [-0.25, -0.2) is 0 Å². The average molecular weight is 154 g/mol. The fourth-order valence-electron chi connectivity index (χ4n) is 2.45. The predicted molar refractivity (Wildman–Crippen MR) is 46.4 cm³/mol. The molecule has 1 atom stereocenters. The minimum atomic E-state index is 0.451. The van der Waals surface area contributed by atoms with Crippen LogP contribution in [0.2, 0.25) is 0 Å². The first-order valence-electron chi connectivity index (χ1n) is 4.87. The minimum absolute atomic E-state index is 0.451. The zero-order chi connectivity index (χ0) is 7.73. The van der Waals surface area contributed by atoms with Gasteiger partial charge in [0.05, 0.1) is 5.66 Å². The van der Waals surface area contributed by atoms with Crippen molar-refractivity contribution in [2.24, 2.45) is 0 Å². The Morgan fingerprint density at radius 3 is 2.64 bits per heavy atom. The molecular formula is C9H18N2. The van der Waals surface area contributed by atoms with Crippen LogP contribution in [0.4, 0.5) is 0 Å². The highest BCUT2D eigenvalue weighted by atomic mass is 15.4. The van der Waals surface area contributed by atoms with E-state index >= 15 is 0 Å². The summed E-state index contributed by atoms with van der Waals surface area (Å²) in [6, 6.07) is 0. The summed E-state index contributed by atoms with van der Waals surface area (Å²) in [4.78, 5) is 2.61. The van der Waals surface area contributed by atoms with Crippen molar-refractivity contribution in [1.82, 2.24) is 10.2 Å². The molecule has 1 unspecified atom stereocenters. The van der Waals surface area contributed by atoms with E-state index in [0.29, 0.717) is 5.66 Å². The van der Waals surface area contributed by atoms with E-state index in [1.807, 2.05) is 0 Å². The number of nitrogens with one attached hydrogen (secondary N) is 1. The number of hydrogen-bond acceptors (Lipinski definition) is 2. The van der Waals surface area contributed by atoms with E-state index in [4.69, 9.17) is 0 Å². The highest BCUT2D eigenvalue weighted by Gasteiger charge is 2.42. The maximum absolute atomic E-state index is 3.59. The molecule has 2 heteroatoms. The van der Waals surface area contributed by atoms with Crippen molar-refractivity contribution in [1.29, 1.82) is 0 Å². The molecule has 2 aliphatic heterocycles. The molecule has 0 aromatic rings. The lowest BCUT2D eigenvalue weighted by Gasteiger charge is -2.53. The summed E-state index contributed by atoms with van der Waals surface area (Å²) in [5.41, 5.74) is 0.451. The van der Waals surface area contributed by atoms with Gasteiger partial charge in [0.1, 0.15) is 0 Å². The van der Waals surface area contributed by atoms with Gasteiger partial charge in [-0.15, -0.1) is 0 Å². The van der Waals surface area contributed by atoms with Crippen molar-refractivity contribution in [2.45, 2.75) is 38.3 Å². The summed E-state index contributed by atoms with van der Waals surface area (Å²) in [5.74, 6) is 0. The van der Waals surface area contributed by atoms with Crippen molar-refractivity contribution in [3.8, 4) is 0 Å². The topological polar surface area (TPSA) is 15.3 Å². The summed E-state index contributed by atoms with van der Waals surface area (Å²) in [6.07, 6.45) is 5.57. The van der Waals surface area contributed by atoms with Crippen LogP contribution in [-0.4, -0.2) is 30.2 Å². The minimum Gasteiger partial charge on any atom is -0.299 e. The van der Waals surface area contributed by atoms with Gasteiger partial charge in [0.15, 0.2) is 0 Å². The van der Waals surface area contributed by atoms with Crippen molar-refractivity contribution in [3.05, 3.63) is 0 Å². The maximum Gasteiger partial charge on any atom is 0.0724 e. The van der Waals surface area contributed by atoms with Crippen LogP contribution in [0.5, 0.6) is 0 Å². The molecular weight excluding hydrogens is 136 g/mol. The second-order valence-electron chi connectivity index (χ2n) is 3.75. The molecule has 0 amide bonds. The van der Waals surface area contributed by atoms with Crippen LogP contribution in [0, 0.1) is 0 Å². The van der Waals surface area contributed by atoms with Crippen molar-refractivity contribution in [2.75, 3.05) is 19.6 Å². The van der Waals surface area contributed by atoms with Crippen LogP contribution >= 0.6 is 0 Å². The summed E-state index contributed by atoms with van der Waals surface area (Å²) < 4.78 is 0. The monoisotopic (exact) mass is 154 g/mol. The summed E-state index contributed by atoms with van der Waals surface area (Å²) in [7, 11) is 0. The molecule has 0 saturated carbocycles. The van der Waals surface area contributed by atoms with Gasteiger partial charge in [-0.2, -0.15) is 0 Å². The van der Waals surface area contributed by atoms with E-state index in [0.717, 1.165) is 0 Å². The second kappa shape index (κ2) is 2.76. The number of likely N-dealkylation sites (tertiary alicyclic amines) is 1. The molecule has 1 spiro atoms. The Balaban J connectivity index is 2.02. The Labute approximate surface area is 69.0 Å². The third-order valence-corrected chi connectivity index (χ3v) is 3.25. The van der Waals surface area contributed by atoms with Gasteiger partial charge < -0.3 is 0 Å². The third kappa shape index (κ3) is 1.09. The fraction of sp³-hybridized carbons (Fsp3) is 1.00. The van der Waals surface area contributed by atoms with Crippen molar-refractivity contribution in [3.63, 3.8) is 0 Å². The lowest BCUT2D eigenvalue weighted by molar-refractivity contribution is -0.0313. The van der Waals surface area contributed by atoms with Gasteiger partial charge in [0.25, 0.3) is 0 Å². The Hall–Kier alpha value is -0.0800.